The van der Waals surface area contributed by atoms with E-state index in [9.17, 15) is 4.79 Å². The number of carbonyl (C=O) groups is 1. The van der Waals surface area contributed by atoms with Gasteiger partial charge in [-0.3, -0.25) is 4.79 Å². The van der Waals surface area contributed by atoms with Gasteiger partial charge in [0.05, 0.1) is 0 Å². The summed E-state index contributed by atoms with van der Waals surface area (Å²) in [5, 5.41) is 16.4. The summed E-state index contributed by atoms with van der Waals surface area (Å²) in [6.07, 6.45) is 0. The molecule has 0 aliphatic heterocycles. The van der Waals surface area contributed by atoms with Crippen LogP contribution < -0.4 is 4.74 Å². The second-order valence-electron chi connectivity index (χ2n) is 4.64. The molecular formula is C14H16N2O4S. The van der Waals surface area contributed by atoms with Crippen LogP contribution >= 0.6 is 11.8 Å². The fourth-order valence-electron chi connectivity index (χ4n) is 1.77. The summed E-state index contributed by atoms with van der Waals surface area (Å²) in [6, 6.07) is 4.05. The van der Waals surface area contributed by atoms with Crippen molar-refractivity contribution in [3.05, 3.63) is 34.7 Å². The van der Waals surface area contributed by atoms with Gasteiger partial charge < -0.3 is 14.3 Å². The quantitative estimate of drug-likeness (QED) is 0.821. The second kappa shape index (κ2) is 6.62. The lowest BCUT2D eigenvalue weighted by molar-refractivity contribution is -0.133. The van der Waals surface area contributed by atoms with Crippen molar-refractivity contribution in [2.24, 2.45) is 0 Å². The zero-order valence-electron chi connectivity index (χ0n) is 12.0. The summed E-state index contributed by atoms with van der Waals surface area (Å²) in [5.41, 5.74) is 3.35. The molecule has 0 spiro atoms. The number of hydrogen-bond donors (Lipinski definition) is 1. The predicted molar refractivity (Wildman–Crippen MR) is 77.6 cm³/mol. The molecule has 6 nitrogen and oxygen atoms in total. The normalized spacial score (nSPS) is 10.6. The molecular weight excluding hydrogens is 292 g/mol. The number of nitrogens with zero attached hydrogens (tertiary/aromatic N) is 2. The van der Waals surface area contributed by atoms with Crippen molar-refractivity contribution in [1.82, 2.24) is 10.2 Å². The van der Waals surface area contributed by atoms with Crippen LogP contribution in [-0.4, -0.2) is 27.0 Å². The highest BCUT2D eigenvalue weighted by atomic mass is 32.2. The van der Waals surface area contributed by atoms with E-state index in [1.54, 1.807) is 0 Å². The lowest BCUT2D eigenvalue weighted by Crippen LogP contribution is -1.99. The Labute approximate surface area is 126 Å². The molecule has 0 fully saturated rings. The Hall–Kier alpha value is -2.02. The second-order valence-corrected chi connectivity index (χ2v) is 5.56. The van der Waals surface area contributed by atoms with Gasteiger partial charge >= 0.3 is 5.97 Å². The average Bonchev–Trinajstić information content (AvgIpc) is 2.87. The minimum Gasteiger partial charge on any atom is -0.484 e. The average molecular weight is 308 g/mol. The molecule has 0 radical (unpaired) electrons. The van der Waals surface area contributed by atoms with Gasteiger partial charge in [0.2, 0.25) is 0 Å². The third-order valence-electron chi connectivity index (χ3n) is 2.88. The van der Waals surface area contributed by atoms with Gasteiger partial charge in [-0.25, -0.2) is 0 Å². The predicted octanol–water partition coefficient (Wildman–Crippen LogP) is 2.75. The Bertz CT molecular complexity index is 654. The number of aromatic nitrogens is 2. The number of aryl methyl sites for hydroxylation is 2. The van der Waals surface area contributed by atoms with Crippen LogP contribution in [0.1, 0.15) is 22.6 Å². The maximum Gasteiger partial charge on any atom is 0.314 e. The third kappa shape index (κ3) is 4.22. The molecule has 112 valence electrons. The Kier molecular flexibility index (Phi) is 4.85. The fourth-order valence-corrected chi connectivity index (χ4v) is 2.27. The van der Waals surface area contributed by atoms with E-state index >= 15 is 0 Å². The number of thioether (sulfide) groups is 1. The molecule has 0 unspecified atom stereocenters. The van der Waals surface area contributed by atoms with Crippen LogP contribution in [0.4, 0.5) is 0 Å². The van der Waals surface area contributed by atoms with Crippen molar-refractivity contribution < 1.29 is 19.1 Å². The largest absolute Gasteiger partial charge is 0.484 e. The first-order valence-electron chi connectivity index (χ1n) is 6.33. The van der Waals surface area contributed by atoms with Crippen LogP contribution in [0.15, 0.2) is 21.8 Å². The van der Waals surface area contributed by atoms with Crippen molar-refractivity contribution >= 4 is 17.7 Å². The molecule has 0 aliphatic rings. The highest BCUT2D eigenvalue weighted by Crippen LogP contribution is 2.24. The third-order valence-corrected chi connectivity index (χ3v) is 3.69. The molecule has 0 atom stereocenters. The molecule has 0 amide bonds. The van der Waals surface area contributed by atoms with Gasteiger partial charge in [-0.2, -0.15) is 0 Å². The first-order chi connectivity index (χ1) is 9.95. The van der Waals surface area contributed by atoms with Crippen LogP contribution in [0.3, 0.4) is 0 Å². The van der Waals surface area contributed by atoms with E-state index in [-0.39, 0.29) is 17.6 Å². The van der Waals surface area contributed by atoms with Gasteiger partial charge in [0.1, 0.15) is 11.5 Å². The Morgan fingerprint density at radius 1 is 1.33 bits per heavy atom. The van der Waals surface area contributed by atoms with Crippen molar-refractivity contribution in [1.29, 1.82) is 0 Å². The van der Waals surface area contributed by atoms with Gasteiger partial charge in [-0.05, 0) is 43.5 Å². The van der Waals surface area contributed by atoms with E-state index in [1.807, 2.05) is 26.8 Å². The number of ether oxygens (including phenoxy) is 1. The van der Waals surface area contributed by atoms with E-state index in [1.165, 1.54) is 0 Å². The van der Waals surface area contributed by atoms with Gasteiger partial charge in [0.15, 0.2) is 6.61 Å². The van der Waals surface area contributed by atoms with Crippen molar-refractivity contribution in [3.63, 3.8) is 0 Å². The molecule has 1 aromatic heterocycles. The van der Waals surface area contributed by atoms with Crippen LogP contribution in [0, 0.1) is 20.8 Å². The molecule has 2 rings (SSSR count). The SMILES string of the molecule is Cc1cc(C)c(C)c(OCc2nnc(SCC(=O)O)o2)c1. The highest BCUT2D eigenvalue weighted by Gasteiger charge is 2.10. The van der Waals surface area contributed by atoms with E-state index < -0.39 is 5.97 Å². The monoisotopic (exact) mass is 308 g/mol. The fraction of sp³-hybridized carbons (Fsp3) is 0.357. The van der Waals surface area contributed by atoms with E-state index in [0.717, 1.165) is 34.2 Å². The summed E-state index contributed by atoms with van der Waals surface area (Å²) in [6.45, 7) is 6.19. The Morgan fingerprint density at radius 2 is 2.10 bits per heavy atom. The zero-order chi connectivity index (χ0) is 15.4. The Morgan fingerprint density at radius 3 is 2.81 bits per heavy atom. The van der Waals surface area contributed by atoms with E-state index in [2.05, 4.69) is 16.3 Å². The van der Waals surface area contributed by atoms with Crippen LogP contribution in [-0.2, 0) is 11.4 Å². The standard InChI is InChI=1S/C14H16N2O4S/c1-8-4-9(2)10(3)11(5-8)19-6-12-15-16-14(20-12)21-7-13(17)18/h4-5H,6-7H2,1-3H3,(H,17,18). The van der Waals surface area contributed by atoms with Crippen LogP contribution in [0.5, 0.6) is 5.75 Å². The van der Waals surface area contributed by atoms with E-state index in [4.69, 9.17) is 14.3 Å². The van der Waals surface area contributed by atoms with Crippen LogP contribution in [0.25, 0.3) is 0 Å². The summed E-state index contributed by atoms with van der Waals surface area (Å²) >= 11 is 0.984. The lowest BCUT2D eigenvalue weighted by Gasteiger charge is -2.10. The molecule has 2 aromatic rings. The zero-order valence-corrected chi connectivity index (χ0v) is 12.9. The highest BCUT2D eigenvalue weighted by molar-refractivity contribution is 7.99. The maximum absolute atomic E-state index is 10.5. The summed E-state index contributed by atoms with van der Waals surface area (Å²) in [5.74, 6) is 0.0623. The first-order valence-corrected chi connectivity index (χ1v) is 7.32. The molecule has 0 saturated carbocycles. The summed E-state index contributed by atoms with van der Waals surface area (Å²) in [7, 11) is 0. The number of benzene rings is 1. The maximum atomic E-state index is 10.5. The van der Waals surface area contributed by atoms with Gasteiger partial charge in [0.25, 0.3) is 11.1 Å². The minimum absolute atomic E-state index is 0.112. The number of aliphatic carboxylic acids is 1. The Balaban J connectivity index is 1.99. The van der Waals surface area contributed by atoms with Crippen molar-refractivity contribution in [2.45, 2.75) is 32.6 Å². The number of carboxylic acid groups (broad SMARTS) is 1. The summed E-state index contributed by atoms with van der Waals surface area (Å²) < 4.78 is 11.0. The topological polar surface area (TPSA) is 85.5 Å². The van der Waals surface area contributed by atoms with Crippen LogP contribution in [0.2, 0.25) is 0 Å². The number of rotatable bonds is 6. The molecule has 1 heterocycles. The molecule has 1 aromatic carbocycles. The molecule has 21 heavy (non-hydrogen) atoms. The molecule has 0 bridgehead atoms. The molecule has 0 aliphatic carbocycles. The van der Waals surface area contributed by atoms with Gasteiger partial charge in [-0.1, -0.05) is 17.8 Å². The van der Waals surface area contributed by atoms with Crippen molar-refractivity contribution in [2.75, 3.05) is 5.75 Å². The minimum atomic E-state index is -0.929. The summed E-state index contributed by atoms with van der Waals surface area (Å²) in [4.78, 5) is 10.5. The van der Waals surface area contributed by atoms with E-state index in [0.29, 0.717) is 5.89 Å². The molecule has 1 N–H and O–H groups in total. The smallest absolute Gasteiger partial charge is 0.314 e. The van der Waals surface area contributed by atoms with Gasteiger partial charge in [0, 0.05) is 0 Å². The first kappa shape index (κ1) is 15.4. The van der Waals surface area contributed by atoms with Gasteiger partial charge in [-0.15, -0.1) is 10.2 Å². The molecule has 0 saturated heterocycles. The lowest BCUT2D eigenvalue weighted by atomic mass is 10.1. The number of carboxylic acids is 1. The molecule has 7 heteroatoms. The number of hydrogen-bond acceptors (Lipinski definition) is 6. The van der Waals surface area contributed by atoms with Crippen molar-refractivity contribution in [3.8, 4) is 5.75 Å².